The fraction of sp³-hybridized carbons (Fsp3) is 0.905. The SMILES string of the molecule is CCCCCCCC/C=C/CCCCCCCC(=O)OCC(COP(=O)(O)OCC[N+](C)(C)C)OC(=O)CCCCCCCCCCCCCCC. The van der Waals surface area contributed by atoms with Gasteiger partial charge in [-0.3, -0.25) is 18.6 Å². The minimum Gasteiger partial charge on any atom is -0.462 e. The number of carbonyl (C=O) groups is 2. The molecular weight excluding hydrogens is 677 g/mol. The van der Waals surface area contributed by atoms with Gasteiger partial charge >= 0.3 is 19.8 Å². The third kappa shape index (κ3) is 38.5. The van der Waals surface area contributed by atoms with Crippen molar-refractivity contribution >= 4 is 19.8 Å². The molecule has 10 heteroatoms. The quantitative estimate of drug-likeness (QED) is 0.0217. The first-order chi connectivity index (χ1) is 25.0. The lowest BCUT2D eigenvalue weighted by molar-refractivity contribution is -0.870. The number of phosphoric ester groups is 1. The van der Waals surface area contributed by atoms with Gasteiger partial charge in [0, 0.05) is 12.8 Å². The molecule has 0 rings (SSSR count). The summed E-state index contributed by atoms with van der Waals surface area (Å²) in [6.45, 7) is 4.42. The van der Waals surface area contributed by atoms with Gasteiger partial charge in [-0.1, -0.05) is 154 Å². The molecule has 0 amide bonds. The fourth-order valence-corrected chi connectivity index (χ4v) is 6.63. The Labute approximate surface area is 320 Å². The highest BCUT2D eigenvalue weighted by atomic mass is 31.2. The van der Waals surface area contributed by atoms with Crippen molar-refractivity contribution in [2.45, 2.75) is 200 Å². The van der Waals surface area contributed by atoms with E-state index in [1.165, 1.54) is 109 Å². The number of likely N-dealkylation sites (N-methyl/N-ethyl adjacent to an activating group) is 1. The molecule has 52 heavy (non-hydrogen) atoms. The van der Waals surface area contributed by atoms with E-state index in [1.54, 1.807) is 0 Å². The lowest BCUT2D eigenvalue weighted by Gasteiger charge is -2.24. The summed E-state index contributed by atoms with van der Waals surface area (Å²) in [6.07, 6.45) is 35.3. The Kier molecular flexibility index (Phi) is 34.6. The molecule has 0 aliphatic carbocycles. The van der Waals surface area contributed by atoms with Crippen molar-refractivity contribution in [2.75, 3.05) is 47.5 Å². The van der Waals surface area contributed by atoms with Crippen LogP contribution in [0.3, 0.4) is 0 Å². The molecule has 9 nitrogen and oxygen atoms in total. The number of hydrogen-bond acceptors (Lipinski definition) is 7. The largest absolute Gasteiger partial charge is 0.472 e. The monoisotopic (exact) mass is 761 g/mol. The number of nitrogens with zero attached hydrogens (tertiary/aromatic N) is 1. The minimum absolute atomic E-state index is 0.0335. The van der Waals surface area contributed by atoms with E-state index in [0.717, 1.165) is 51.4 Å². The van der Waals surface area contributed by atoms with Gasteiger partial charge in [0.25, 0.3) is 0 Å². The van der Waals surface area contributed by atoms with E-state index in [9.17, 15) is 19.0 Å². The molecule has 0 radical (unpaired) electrons. The molecular formula is C42H83NO8P+. The highest BCUT2D eigenvalue weighted by Gasteiger charge is 2.27. The van der Waals surface area contributed by atoms with E-state index in [1.807, 2.05) is 21.1 Å². The van der Waals surface area contributed by atoms with E-state index >= 15 is 0 Å². The standard InChI is InChI=1S/C42H82NO8P/c1-6-8-10-12-14-16-18-20-21-23-24-26-28-30-32-34-41(44)48-38-40(39-50-52(46,47)49-37-36-43(3,4)5)51-42(45)35-33-31-29-27-25-22-19-17-15-13-11-9-7-2/h20-21,40H,6-19,22-39H2,1-5H3/p+1/b21-20+. The van der Waals surface area contributed by atoms with Gasteiger partial charge in [-0.05, 0) is 38.5 Å². The van der Waals surface area contributed by atoms with Gasteiger partial charge in [-0.2, -0.15) is 0 Å². The molecule has 0 saturated heterocycles. The van der Waals surface area contributed by atoms with E-state index in [2.05, 4.69) is 26.0 Å². The molecule has 0 fully saturated rings. The summed E-state index contributed by atoms with van der Waals surface area (Å²) < 4.78 is 34.3. The maximum absolute atomic E-state index is 12.6. The molecule has 0 aliphatic heterocycles. The van der Waals surface area contributed by atoms with Crippen molar-refractivity contribution in [2.24, 2.45) is 0 Å². The van der Waals surface area contributed by atoms with E-state index < -0.39 is 26.5 Å². The van der Waals surface area contributed by atoms with Crippen LogP contribution in [0.25, 0.3) is 0 Å². The molecule has 0 spiro atoms. The van der Waals surface area contributed by atoms with Gasteiger partial charge in [0.2, 0.25) is 0 Å². The van der Waals surface area contributed by atoms with Crippen LogP contribution in [0.15, 0.2) is 12.2 Å². The van der Waals surface area contributed by atoms with Gasteiger partial charge < -0.3 is 18.9 Å². The molecule has 0 aromatic heterocycles. The van der Waals surface area contributed by atoms with Crippen LogP contribution in [-0.4, -0.2) is 74.9 Å². The highest BCUT2D eigenvalue weighted by Crippen LogP contribution is 2.43. The Morgan fingerprint density at radius 1 is 0.577 bits per heavy atom. The number of unbranched alkanes of at least 4 members (excludes halogenated alkanes) is 23. The molecule has 0 saturated carbocycles. The second-order valence-corrected chi connectivity index (χ2v) is 17.2. The van der Waals surface area contributed by atoms with Gasteiger partial charge in [-0.25, -0.2) is 4.57 Å². The van der Waals surface area contributed by atoms with Crippen molar-refractivity contribution in [1.29, 1.82) is 0 Å². The van der Waals surface area contributed by atoms with Crippen LogP contribution in [0.2, 0.25) is 0 Å². The predicted octanol–water partition coefficient (Wildman–Crippen LogP) is 11.8. The summed E-state index contributed by atoms with van der Waals surface area (Å²) in [5.41, 5.74) is 0. The second kappa shape index (κ2) is 35.5. The zero-order chi connectivity index (χ0) is 38.6. The van der Waals surface area contributed by atoms with Crippen LogP contribution >= 0.6 is 7.82 Å². The summed E-state index contributed by atoms with van der Waals surface area (Å²) in [5.74, 6) is -0.801. The summed E-state index contributed by atoms with van der Waals surface area (Å²) in [5, 5.41) is 0. The Bertz CT molecular complexity index is 907. The number of allylic oxidation sites excluding steroid dienone is 2. The number of hydrogen-bond donors (Lipinski definition) is 1. The maximum atomic E-state index is 12.6. The van der Waals surface area contributed by atoms with Gasteiger partial charge in [0.1, 0.15) is 19.8 Å². The molecule has 0 aromatic carbocycles. The molecule has 0 aliphatic rings. The van der Waals surface area contributed by atoms with Crippen molar-refractivity contribution in [1.82, 2.24) is 0 Å². The molecule has 308 valence electrons. The Hall–Kier alpha value is -1.25. The topological polar surface area (TPSA) is 108 Å². The van der Waals surface area contributed by atoms with Gasteiger partial charge in [0.05, 0.1) is 27.7 Å². The first kappa shape index (κ1) is 50.8. The van der Waals surface area contributed by atoms with Gasteiger partial charge in [-0.15, -0.1) is 0 Å². The van der Waals surface area contributed by atoms with Crippen LogP contribution < -0.4 is 0 Å². The summed E-state index contributed by atoms with van der Waals surface area (Å²) in [7, 11) is 1.48. The third-order valence-corrected chi connectivity index (χ3v) is 10.3. The van der Waals surface area contributed by atoms with E-state index in [-0.39, 0.29) is 32.0 Å². The Morgan fingerprint density at radius 3 is 1.42 bits per heavy atom. The summed E-state index contributed by atoms with van der Waals surface area (Å²) in [4.78, 5) is 35.3. The van der Waals surface area contributed by atoms with Crippen LogP contribution in [0.4, 0.5) is 0 Å². The molecule has 2 unspecified atom stereocenters. The first-order valence-corrected chi connectivity index (χ1v) is 22.9. The van der Waals surface area contributed by atoms with Crippen LogP contribution in [0.5, 0.6) is 0 Å². The Balaban J connectivity index is 4.37. The molecule has 0 heterocycles. The van der Waals surface area contributed by atoms with Crippen molar-refractivity contribution in [3.05, 3.63) is 12.2 Å². The molecule has 2 atom stereocenters. The average molecular weight is 761 g/mol. The zero-order valence-electron chi connectivity index (χ0n) is 34.6. The number of esters is 2. The predicted molar refractivity (Wildman–Crippen MR) is 215 cm³/mol. The average Bonchev–Trinajstić information content (AvgIpc) is 3.09. The Morgan fingerprint density at radius 2 is 0.981 bits per heavy atom. The van der Waals surface area contributed by atoms with Crippen molar-refractivity contribution in [3.63, 3.8) is 0 Å². The molecule has 0 aromatic rings. The summed E-state index contributed by atoms with van der Waals surface area (Å²) >= 11 is 0. The highest BCUT2D eigenvalue weighted by molar-refractivity contribution is 7.47. The zero-order valence-corrected chi connectivity index (χ0v) is 35.5. The molecule has 0 bridgehead atoms. The first-order valence-electron chi connectivity index (χ1n) is 21.4. The number of phosphoric acid groups is 1. The van der Waals surface area contributed by atoms with Crippen LogP contribution in [0, 0.1) is 0 Å². The number of rotatable bonds is 39. The lowest BCUT2D eigenvalue weighted by atomic mass is 10.0. The molecule has 1 N–H and O–H groups in total. The normalized spacial score (nSPS) is 13.7. The van der Waals surface area contributed by atoms with Crippen LogP contribution in [0.1, 0.15) is 194 Å². The summed E-state index contributed by atoms with van der Waals surface area (Å²) in [6, 6.07) is 0. The third-order valence-electron chi connectivity index (χ3n) is 9.30. The van der Waals surface area contributed by atoms with Crippen molar-refractivity contribution in [3.8, 4) is 0 Å². The number of carbonyl (C=O) groups excluding carboxylic acids is 2. The number of quaternary nitrogens is 1. The van der Waals surface area contributed by atoms with Crippen LogP contribution in [-0.2, 0) is 32.7 Å². The minimum atomic E-state index is -4.37. The van der Waals surface area contributed by atoms with Crippen molar-refractivity contribution < 1.29 is 42.1 Å². The van der Waals surface area contributed by atoms with E-state index in [4.69, 9.17) is 18.5 Å². The maximum Gasteiger partial charge on any atom is 0.472 e. The smallest absolute Gasteiger partial charge is 0.462 e. The lowest BCUT2D eigenvalue weighted by Crippen LogP contribution is -2.37. The fourth-order valence-electron chi connectivity index (χ4n) is 5.89. The number of ether oxygens (including phenoxy) is 2. The van der Waals surface area contributed by atoms with E-state index in [0.29, 0.717) is 17.4 Å². The second-order valence-electron chi connectivity index (χ2n) is 15.7. The van der Waals surface area contributed by atoms with Gasteiger partial charge in [0.15, 0.2) is 6.10 Å².